The number of piperazine rings is 1. The number of benzene rings is 1. The van der Waals surface area contributed by atoms with E-state index in [0.717, 1.165) is 44.1 Å². The molecule has 1 heterocycles. The number of amides is 1. The Morgan fingerprint density at radius 1 is 1.14 bits per heavy atom. The molecule has 122 valence electrons. The van der Waals surface area contributed by atoms with Crippen molar-refractivity contribution in [3.63, 3.8) is 0 Å². The summed E-state index contributed by atoms with van der Waals surface area (Å²) in [5.74, 6) is 0.0899. The minimum absolute atomic E-state index is 0.00573. The maximum Gasteiger partial charge on any atom is 0.224 e. The van der Waals surface area contributed by atoms with Crippen molar-refractivity contribution in [2.75, 3.05) is 42.9 Å². The maximum absolute atomic E-state index is 12.2. The molecule has 2 rings (SSSR count). The Balaban J connectivity index is 2.06. The zero-order chi connectivity index (χ0) is 16.2. The number of likely N-dealkylation sites (N-methyl/N-ethyl adjacent to an activating group) is 1. The fourth-order valence-electron chi connectivity index (χ4n) is 2.84. The Hall–Kier alpha value is -1.55. The number of hydrogen-bond donors (Lipinski definition) is 1. The van der Waals surface area contributed by atoms with E-state index in [2.05, 4.69) is 48.9 Å². The predicted octanol–water partition coefficient (Wildman–Crippen LogP) is 3.20. The zero-order valence-corrected chi connectivity index (χ0v) is 14.4. The van der Waals surface area contributed by atoms with Crippen LogP contribution in [0.4, 0.5) is 11.4 Å². The fourth-order valence-corrected chi connectivity index (χ4v) is 2.84. The van der Waals surface area contributed by atoms with E-state index >= 15 is 0 Å². The zero-order valence-electron chi connectivity index (χ0n) is 14.4. The molecule has 0 bridgehead atoms. The minimum Gasteiger partial charge on any atom is -0.367 e. The molecule has 1 saturated heterocycles. The number of nitrogens with zero attached hydrogens (tertiary/aromatic N) is 2. The van der Waals surface area contributed by atoms with Crippen molar-refractivity contribution in [2.24, 2.45) is 5.41 Å². The lowest BCUT2D eigenvalue weighted by Crippen LogP contribution is -2.46. The highest BCUT2D eigenvalue weighted by molar-refractivity contribution is 5.94. The summed E-state index contributed by atoms with van der Waals surface area (Å²) >= 11 is 0. The van der Waals surface area contributed by atoms with E-state index in [1.807, 2.05) is 18.2 Å². The summed E-state index contributed by atoms with van der Waals surface area (Å²) < 4.78 is 0. The Morgan fingerprint density at radius 3 is 2.36 bits per heavy atom. The molecule has 0 radical (unpaired) electrons. The summed E-state index contributed by atoms with van der Waals surface area (Å²) in [6, 6.07) is 8.13. The second-order valence-corrected chi connectivity index (χ2v) is 7.22. The summed E-state index contributed by atoms with van der Waals surface area (Å²) in [5.41, 5.74) is 2.08. The smallest absolute Gasteiger partial charge is 0.224 e. The van der Waals surface area contributed by atoms with Crippen LogP contribution >= 0.6 is 0 Å². The molecule has 0 spiro atoms. The first-order valence-electron chi connectivity index (χ1n) is 8.25. The Morgan fingerprint density at radius 2 is 1.77 bits per heavy atom. The van der Waals surface area contributed by atoms with Gasteiger partial charge in [0.1, 0.15) is 0 Å². The van der Waals surface area contributed by atoms with E-state index in [1.165, 1.54) is 0 Å². The molecule has 1 aliphatic heterocycles. The first-order valence-corrected chi connectivity index (χ1v) is 8.25. The minimum atomic E-state index is 0.00573. The van der Waals surface area contributed by atoms with Crippen molar-refractivity contribution in [1.82, 2.24) is 4.90 Å². The van der Waals surface area contributed by atoms with E-state index in [1.54, 1.807) is 0 Å². The van der Waals surface area contributed by atoms with Crippen LogP contribution in [0.2, 0.25) is 0 Å². The topological polar surface area (TPSA) is 35.6 Å². The summed E-state index contributed by atoms with van der Waals surface area (Å²) in [4.78, 5) is 17.1. The Bertz CT molecular complexity index is 499. The molecule has 1 aromatic carbocycles. The average Bonchev–Trinajstić information content (AvgIpc) is 2.46. The van der Waals surface area contributed by atoms with Crippen LogP contribution in [0.5, 0.6) is 0 Å². The summed E-state index contributed by atoms with van der Waals surface area (Å²) in [7, 11) is 0. The molecule has 1 aliphatic rings. The van der Waals surface area contributed by atoms with E-state index in [0.29, 0.717) is 6.42 Å². The lowest BCUT2D eigenvalue weighted by molar-refractivity contribution is -0.117. The lowest BCUT2D eigenvalue weighted by atomic mass is 9.92. The van der Waals surface area contributed by atoms with Gasteiger partial charge in [-0.2, -0.15) is 0 Å². The number of hydrogen-bond acceptors (Lipinski definition) is 3. The van der Waals surface area contributed by atoms with Crippen molar-refractivity contribution in [3.05, 3.63) is 24.3 Å². The maximum atomic E-state index is 12.2. The normalized spacial score (nSPS) is 16.6. The molecule has 1 fully saturated rings. The van der Waals surface area contributed by atoms with Gasteiger partial charge in [0.25, 0.3) is 0 Å². The van der Waals surface area contributed by atoms with Gasteiger partial charge < -0.3 is 15.1 Å². The van der Waals surface area contributed by atoms with Gasteiger partial charge in [-0.1, -0.05) is 39.8 Å². The first-order chi connectivity index (χ1) is 10.4. The number of rotatable bonds is 4. The summed E-state index contributed by atoms with van der Waals surface area (Å²) in [6.45, 7) is 13.8. The van der Waals surface area contributed by atoms with Gasteiger partial charge in [0.2, 0.25) is 5.91 Å². The number of para-hydroxylation sites is 2. The number of anilines is 2. The van der Waals surface area contributed by atoms with E-state index in [9.17, 15) is 4.79 Å². The molecule has 22 heavy (non-hydrogen) atoms. The van der Waals surface area contributed by atoms with Gasteiger partial charge in [-0.15, -0.1) is 0 Å². The van der Waals surface area contributed by atoms with E-state index in [-0.39, 0.29) is 11.3 Å². The molecule has 1 N–H and O–H groups in total. The highest BCUT2D eigenvalue weighted by atomic mass is 16.1. The second kappa shape index (κ2) is 7.14. The van der Waals surface area contributed by atoms with Crippen LogP contribution in [0.15, 0.2) is 24.3 Å². The van der Waals surface area contributed by atoms with Gasteiger partial charge in [-0.3, -0.25) is 4.79 Å². The number of nitrogens with one attached hydrogen (secondary N) is 1. The van der Waals surface area contributed by atoms with Gasteiger partial charge >= 0.3 is 0 Å². The average molecular weight is 303 g/mol. The molecule has 4 nitrogen and oxygen atoms in total. The van der Waals surface area contributed by atoms with Gasteiger partial charge in [-0.25, -0.2) is 0 Å². The van der Waals surface area contributed by atoms with Crippen LogP contribution in [0, 0.1) is 5.41 Å². The number of carbonyl (C=O) groups excluding carboxylic acids is 1. The van der Waals surface area contributed by atoms with Crippen LogP contribution in [-0.4, -0.2) is 43.5 Å². The third kappa shape index (κ3) is 4.73. The molecule has 0 saturated carbocycles. The van der Waals surface area contributed by atoms with Crippen molar-refractivity contribution in [2.45, 2.75) is 34.1 Å². The van der Waals surface area contributed by atoms with E-state index in [4.69, 9.17) is 0 Å². The second-order valence-electron chi connectivity index (χ2n) is 7.22. The van der Waals surface area contributed by atoms with Crippen molar-refractivity contribution in [3.8, 4) is 0 Å². The van der Waals surface area contributed by atoms with Crippen LogP contribution in [0.3, 0.4) is 0 Å². The quantitative estimate of drug-likeness (QED) is 0.928. The van der Waals surface area contributed by atoms with Gasteiger partial charge in [0.15, 0.2) is 0 Å². The summed E-state index contributed by atoms with van der Waals surface area (Å²) in [5, 5.41) is 3.10. The van der Waals surface area contributed by atoms with E-state index < -0.39 is 0 Å². The van der Waals surface area contributed by atoms with Crippen LogP contribution in [0.1, 0.15) is 34.1 Å². The molecule has 0 aliphatic carbocycles. The molecule has 1 amide bonds. The molecule has 0 unspecified atom stereocenters. The standard InChI is InChI=1S/C18H29N3O/c1-5-20-10-12-21(13-11-20)16-9-7-6-8-15(16)19-17(22)14-18(2,3)4/h6-9H,5,10-14H2,1-4H3,(H,19,22). The molecule has 1 aromatic rings. The van der Waals surface area contributed by atoms with Crippen molar-refractivity contribution < 1.29 is 4.79 Å². The SMILES string of the molecule is CCN1CCN(c2ccccc2NC(=O)CC(C)(C)C)CC1. The van der Waals surface area contributed by atoms with Gasteiger partial charge in [-0.05, 0) is 24.1 Å². The molecule has 4 heteroatoms. The lowest BCUT2D eigenvalue weighted by Gasteiger charge is -2.36. The van der Waals surface area contributed by atoms with Crippen LogP contribution in [0.25, 0.3) is 0 Å². The Labute approximate surface area is 134 Å². The van der Waals surface area contributed by atoms with Crippen LogP contribution < -0.4 is 10.2 Å². The van der Waals surface area contributed by atoms with Crippen LogP contribution in [-0.2, 0) is 4.79 Å². The molecule has 0 aromatic heterocycles. The van der Waals surface area contributed by atoms with Gasteiger partial charge in [0, 0.05) is 32.6 Å². The molecule has 0 atom stereocenters. The number of carbonyl (C=O) groups is 1. The van der Waals surface area contributed by atoms with Crippen molar-refractivity contribution in [1.29, 1.82) is 0 Å². The predicted molar refractivity (Wildman–Crippen MR) is 93.5 cm³/mol. The monoisotopic (exact) mass is 303 g/mol. The third-order valence-electron chi connectivity index (χ3n) is 4.03. The fraction of sp³-hybridized carbons (Fsp3) is 0.611. The highest BCUT2D eigenvalue weighted by Crippen LogP contribution is 2.28. The third-order valence-corrected chi connectivity index (χ3v) is 4.03. The Kier molecular flexibility index (Phi) is 5.46. The molecular weight excluding hydrogens is 274 g/mol. The van der Waals surface area contributed by atoms with Crippen molar-refractivity contribution >= 4 is 17.3 Å². The molecular formula is C18H29N3O. The van der Waals surface area contributed by atoms with Gasteiger partial charge in [0.05, 0.1) is 11.4 Å². The highest BCUT2D eigenvalue weighted by Gasteiger charge is 2.20. The summed E-state index contributed by atoms with van der Waals surface area (Å²) in [6.07, 6.45) is 0.533. The first kappa shape index (κ1) is 16.8. The largest absolute Gasteiger partial charge is 0.367 e.